The number of alkyl halides is 7. The molecule has 264 valence electrons. The molecule has 20 heteroatoms. The molecule has 2 fully saturated rings. The van der Waals surface area contributed by atoms with Gasteiger partial charge in [0.25, 0.3) is 12.3 Å². The van der Waals surface area contributed by atoms with E-state index in [0.29, 0.717) is 5.56 Å². The molecule has 1 saturated heterocycles. The number of fused-ring (bicyclic) bond motifs is 1. The van der Waals surface area contributed by atoms with Crippen molar-refractivity contribution >= 4 is 17.5 Å². The number of nitrogens with zero attached hydrogens (tertiary/aromatic N) is 6. The van der Waals surface area contributed by atoms with Crippen LogP contribution in [0.2, 0.25) is 0 Å². The molecule has 49 heavy (non-hydrogen) atoms. The van der Waals surface area contributed by atoms with Crippen molar-refractivity contribution in [3.63, 3.8) is 0 Å². The minimum absolute atomic E-state index is 0.0208. The van der Waals surface area contributed by atoms with Gasteiger partial charge in [-0.1, -0.05) is 0 Å². The topological polar surface area (TPSA) is 163 Å². The largest absolute Gasteiger partial charge is 0.446 e. The number of hydrogen-bond donors (Lipinski definition) is 2. The second-order valence-corrected chi connectivity index (χ2v) is 12.3. The lowest BCUT2D eigenvalue weighted by molar-refractivity contribution is -0.155. The smallest absolute Gasteiger partial charge is 0.408 e. The van der Waals surface area contributed by atoms with Crippen LogP contribution in [0.15, 0.2) is 33.9 Å². The van der Waals surface area contributed by atoms with Crippen molar-refractivity contribution in [1.82, 2.24) is 40.5 Å². The van der Waals surface area contributed by atoms with Gasteiger partial charge < -0.3 is 19.8 Å². The molecule has 0 spiro atoms. The van der Waals surface area contributed by atoms with E-state index in [4.69, 9.17) is 9.15 Å². The number of rotatable bonds is 11. The number of ether oxygens (including phenoxy) is 1. The van der Waals surface area contributed by atoms with Crippen molar-refractivity contribution in [2.24, 2.45) is 11.3 Å². The molecule has 2 aliphatic rings. The molecular weight excluding hydrogens is 673 g/mol. The molecule has 4 aromatic heterocycles. The molecule has 0 aromatic carbocycles. The number of methoxy groups -OCH3 is 1. The van der Waals surface area contributed by atoms with E-state index in [1.54, 1.807) is 0 Å². The third-order valence-electron chi connectivity index (χ3n) is 9.00. The third-order valence-corrected chi connectivity index (χ3v) is 9.00. The first-order valence-corrected chi connectivity index (χ1v) is 15.1. The van der Waals surface area contributed by atoms with Crippen LogP contribution in [0.1, 0.15) is 83.5 Å². The first kappa shape index (κ1) is 34.3. The number of halogens is 7. The molecule has 0 unspecified atom stereocenters. The van der Waals surface area contributed by atoms with Crippen LogP contribution in [-0.4, -0.2) is 67.0 Å². The van der Waals surface area contributed by atoms with Gasteiger partial charge in [0.1, 0.15) is 12.6 Å². The van der Waals surface area contributed by atoms with E-state index in [-0.39, 0.29) is 55.1 Å². The molecular formula is C29H29F7N8O5. The van der Waals surface area contributed by atoms with Crippen LogP contribution in [-0.2, 0) is 29.0 Å². The first-order valence-electron chi connectivity index (χ1n) is 15.1. The minimum Gasteiger partial charge on any atom is -0.446 e. The number of hydrogen-bond acceptors (Lipinski definition) is 10. The average Bonchev–Trinajstić information content (AvgIpc) is 3.83. The minimum atomic E-state index is -4.71. The van der Waals surface area contributed by atoms with E-state index in [2.05, 4.69) is 40.6 Å². The summed E-state index contributed by atoms with van der Waals surface area (Å²) in [4.78, 5) is 35.0. The Bertz CT molecular complexity index is 1820. The molecule has 0 bridgehead atoms. The van der Waals surface area contributed by atoms with E-state index in [1.165, 1.54) is 30.1 Å². The molecule has 5 heterocycles. The summed E-state index contributed by atoms with van der Waals surface area (Å²) in [5.41, 5.74) is -2.48. The maximum atomic E-state index is 14.0. The van der Waals surface area contributed by atoms with Crippen molar-refractivity contribution in [3.8, 4) is 0 Å². The van der Waals surface area contributed by atoms with Crippen molar-refractivity contribution in [2.45, 2.75) is 82.2 Å². The Hall–Kier alpha value is -4.62. The molecule has 4 aromatic rings. The Morgan fingerprint density at radius 3 is 2.63 bits per heavy atom. The van der Waals surface area contributed by atoms with Crippen molar-refractivity contribution in [2.75, 3.05) is 7.11 Å². The van der Waals surface area contributed by atoms with Gasteiger partial charge in [-0.25, -0.2) is 36.7 Å². The van der Waals surface area contributed by atoms with Crippen LogP contribution < -0.4 is 10.6 Å². The number of carbonyl (C=O) groups is 2. The van der Waals surface area contributed by atoms with Crippen LogP contribution >= 0.6 is 0 Å². The molecule has 2 amide bonds. The fraction of sp³-hybridized carbons (Fsp3) is 0.552. The SMILES string of the molecule is COCc1ocnc1C[C@]1(Cc2cnn3cc([C@@H](NC(=O)c4nonc4C(F)F)C4CCC(F)(F)CC4)nc3c2)C[C@@H](C(F)(F)F)NC1=O. The van der Waals surface area contributed by atoms with E-state index >= 15 is 0 Å². The molecule has 6 rings (SSSR count). The van der Waals surface area contributed by atoms with Crippen LogP contribution in [0, 0.1) is 11.3 Å². The predicted octanol–water partition coefficient (Wildman–Crippen LogP) is 4.70. The lowest BCUT2D eigenvalue weighted by atomic mass is 9.75. The van der Waals surface area contributed by atoms with Gasteiger partial charge in [-0.05, 0) is 53.5 Å². The molecule has 13 nitrogen and oxygen atoms in total. The fourth-order valence-electron chi connectivity index (χ4n) is 6.52. The van der Waals surface area contributed by atoms with Crippen LogP contribution in [0.5, 0.6) is 0 Å². The summed E-state index contributed by atoms with van der Waals surface area (Å²) in [6, 6.07) is -1.66. The highest BCUT2D eigenvalue weighted by Crippen LogP contribution is 2.44. The van der Waals surface area contributed by atoms with Crippen LogP contribution in [0.25, 0.3) is 5.65 Å². The summed E-state index contributed by atoms with van der Waals surface area (Å²) in [5.74, 6) is -5.17. The van der Waals surface area contributed by atoms with E-state index < -0.39 is 84.4 Å². The summed E-state index contributed by atoms with van der Waals surface area (Å²) >= 11 is 0. The summed E-state index contributed by atoms with van der Waals surface area (Å²) < 4.78 is 112. The monoisotopic (exact) mass is 702 g/mol. The molecule has 1 aliphatic carbocycles. The van der Waals surface area contributed by atoms with Gasteiger partial charge in [-0.15, -0.1) is 0 Å². The highest BCUT2D eigenvalue weighted by molar-refractivity contribution is 5.93. The lowest BCUT2D eigenvalue weighted by Crippen LogP contribution is -2.39. The first-order chi connectivity index (χ1) is 23.2. The summed E-state index contributed by atoms with van der Waals surface area (Å²) in [5, 5.41) is 15.3. The van der Waals surface area contributed by atoms with Gasteiger partial charge in [0.05, 0.1) is 35.2 Å². The van der Waals surface area contributed by atoms with Crippen molar-refractivity contribution in [3.05, 3.63) is 59.0 Å². The second kappa shape index (κ2) is 13.0. The highest BCUT2D eigenvalue weighted by Gasteiger charge is 2.56. The molecule has 3 atom stereocenters. The van der Waals surface area contributed by atoms with Crippen LogP contribution in [0.3, 0.4) is 0 Å². The standard InChI is InChI=1S/C29H29F7N8O5/c1-47-12-18-16(37-13-48-18)8-27(9-19(29(34,35)36)40-26(27)46)7-14-6-20-39-17(11-44(20)38-10-14)21(15-2-4-28(32,33)5-3-15)41-25(45)23-22(24(30)31)42-49-43-23/h6,10-11,13,15,19,21,24H,2-5,7-9,12H2,1H3,(H,40,46)(H,41,45)/t19-,21-,27+/m0/s1. The van der Waals surface area contributed by atoms with Crippen molar-refractivity contribution < 1.29 is 54.1 Å². The number of nitrogens with one attached hydrogen (secondary N) is 2. The Labute approximate surface area is 271 Å². The lowest BCUT2D eigenvalue weighted by Gasteiger charge is -2.33. The Balaban J connectivity index is 1.32. The van der Waals surface area contributed by atoms with E-state index in [1.807, 2.05) is 0 Å². The summed E-state index contributed by atoms with van der Waals surface area (Å²) in [7, 11) is 1.40. The van der Waals surface area contributed by atoms with E-state index in [9.17, 15) is 40.3 Å². The molecule has 1 saturated carbocycles. The normalized spacial score (nSPS) is 22.1. The zero-order valence-corrected chi connectivity index (χ0v) is 25.6. The quantitative estimate of drug-likeness (QED) is 0.210. The third kappa shape index (κ3) is 7.09. The Kier molecular flexibility index (Phi) is 9.10. The zero-order chi connectivity index (χ0) is 35.1. The van der Waals surface area contributed by atoms with Gasteiger partial charge in [0, 0.05) is 26.4 Å². The number of imidazole rings is 1. The maximum Gasteiger partial charge on any atom is 0.408 e. The molecule has 0 radical (unpaired) electrons. The number of carbonyl (C=O) groups excluding carboxylic acids is 2. The summed E-state index contributed by atoms with van der Waals surface area (Å²) in [6.45, 7) is -0.0208. The average molecular weight is 703 g/mol. The number of oxazole rings is 1. The molecule has 1 aliphatic heterocycles. The Morgan fingerprint density at radius 1 is 1.20 bits per heavy atom. The van der Waals surface area contributed by atoms with Gasteiger partial charge in [0.15, 0.2) is 23.5 Å². The van der Waals surface area contributed by atoms with Gasteiger partial charge >= 0.3 is 6.18 Å². The van der Waals surface area contributed by atoms with E-state index in [0.717, 1.165) is 6.39 Å². The number of aromatic nitrogens is 6. The Morgan fingerprint density at radius 2 is 1.96 bits per heavy atom. The van der Waals surface area contributed by atoms with Gasteiger partial charge in [-0.3, -0.25) is 9.59 Å². The highest BCUT2D eigenvalue weighted by atomic mass is 19.4. The van der Waals surface area contributed by atoms with Gasteiger partial charge in [0.2, 0.25) is 17.5 Å². The second-order valence-electron chi connectivity index (χ2n) is 12.3. The number of amides is 2. The van der Waals surface area contributed by atoms with Crippen molar-refractivity contribution in [1.29, 1.82) is 0 Å². The molecule has 2 N–H and O–H groups in total. The zero-order valence-electron chi connectivity index (χ0n) is 25.6. The van der Waals surface area contributed by atoms with Gasteiger partial charge in [-0.2, -0.15) is 18.3 Å². The predicted molar refractivity (Wildman–Crippen MR) is 149 cm³/mol. The van der Waals surface area contributed by atoms with Crippen LogP contribution in [0.4, 0.5) is 30.7 Å². The fourth-order valence-corrected chi connectivity index (χ4v) is 6.52. The maximum absolute atomic E-state index is 14.0. The summed E-state index contributed by atoms with van der Waals surface area (Å²) in [6.07, 6.45) is -6.05.